The molecule has 0 spiro atoms. The monoisotopic (exact) mass is 383 g/mol. The fourth-order valence-corrected chi connectivity index (χ4v) is 4.47. The zero-order chi connectivity index (χ0) is 19.2. The van der Waals surface area contributed by atoms with E-state index < -0.39 is 35.1 Å². The Morgan fingerprint density at radius 2 is 1.46 bits per heavy atom. The van der Waals surface area contributed by atoms with Gasteiger partial charge in [0.2, 0.25) is 10.0 Å². The summed E-state index contributed by atoms with van der Waals surface area (Å²) in [7, 11) is -1.71. The summed E-state index contributed by atoms with van der Waals surface area (Å²) >= 11 is 0. The minimum absolute atomic E-state index is 0.0323. The second-order valence-electron chi connectivity index (χ2n) is 6.33. The summed E-state index contributed by atoms with van der Waals surface area (Å²) in [6.45, 7) is -1.11. The molecule has 0 bridgehead atoms. The van der Waals surface area contributed by atoms with Crippen LogP contribution in [0, 0.1) is 0 Å². The van der Waals surface area contributed by atoms with Gasteiger partial charge in [0, 0.05) is 0 Å². The number of carbonyl (C=O) groups is 2. The van der Waals surface area contributed by atoms with Crippen molar-refractivity contribution in [3.8, 4) is 0 Å². The third-order valence-corrected chi connectivity index (χ3v) is 6.47. The molecule has 26 heavy (non-hydrogen) atoms. The lowest BCUT2D eigenvalue weighted by Gasteiger charge is -2.23. The van der Waals surface area contributed by atoms with E-state index in [9.17, 15) is 18.0 Å². The molecular weight excluding hydrogens is 358 g/mol. The van der Waals surface area contributed by atoms with E-state index in [1.54, 1.807) is 0 Å². The Morgan fingerprint density at radius 1 is 0.962 bits per heavy atom. The SMILES string of the molecule is COC(=O)CN(CC(=O)OC)S(=O)(=O)c1ccc(C2CCCCC2)cc1. The highest BCUT2D eigenvalue weighted by molar-refractivity contribution is 7.89. The molecule has 0 amide bonds. The van der Waals surface area contributed by atoms with Crippen LogP contribution in [0.15, 0.2) is 29.2 Å². The van der Waals surface area contributed by atoms with Gasteiger partial charge < -0.3 is 9.47 Å². The average molecular weight is 383 g/mol. The molecular formula is C18H25NO6S. The van der Waals surface area contributed by atoms with Crippen LogP contribution >= 0.6 is 0 Å². The molecule has 0 N–H and O–H groups in total. The van der Waals surface area contributed by atoms with Crippen LogP contribution in [-0.2, 0) is 29.1 Å². The molecule has 1 aliphatic carbocycles. The zero-order valence-corrected chi connectivity index (χ0v) is 16.0. The van der Waals surface area contributed by atoms with Crippen molar-refractivity contribution in [3.63, 3.8) is 0 Å². The van der Waals surface area contributed by atoms with Crippen molar-refractivity contribution >= 4 is 22.0 Å². The summed E-state index contributed by atoms with van der Waals surface area (Å²) in [4.78, 5) is 23.1. The van der Waals surface area contributed by atoms with Gasteiger partial charge >= 0.3 is 11.9 Å². The number of ether oxygens (including phenoxy) is 2. The highest BCUT2D eigenvalue weighted by Crippen LogP contribution is 2.33. The summed E-state index contributed by atoms with van der Waals surface area (Å²) in [5, 5.41) is 0. The Kier molecular flexibility index (Phi) is 7.16. The Bertz CT molecular complexity index is 705. The molecule has 1 aromatic carbocycles. The third-order valence-electron chi connectivity index (χ3n) is 4.66. The number of benzene rings is 1. The second-order valence-corrected chi connectivity index (χ2v) is 8.27. The van der Waals surface area contributed by atoms with Gasteiger partial charge in [-0.25, -0.2) is 8.42 Å². The predicted octanol–water partition coefficient (Wildman–Crippen LogP) is 2.07. The minimum Gasteiger partial charge on any atom is -0.468 e. The topological polar surface area (TPSA) is 90.0 Å². The number of methoxy groups -OCH3 is 2. The smallest absolute Gasteiger partial charge is 0.321 e. The number of esters is 2. The number of carbonyl (C=O) groups excluding carboxylic acids is 2. The summed E-state index contributed by atoms with van der Waals surface area (Å²) in [6, 6.07) is 6.69. The van der Waals surface area contributed by atoms with Crippen LogP contribution in [0.4, 0.5) is 0 Å². The largest absolute Gasteiger partial charge is 0.468 e. The van der Waals surface area contributed by atoms with Crippen molar-refractivity contribution in [1.82, 2.24) is 4.31 Å². The maximum Gasteiger partial charge on any atom is 0.321 e. The van der Waals surface area contributed by atoms with Crippen LogP contribution in [0.2, 0.25) is 0 Å². The first-order chi connectivity index (χ1) is 12.4. The molecule has 7 nitrogen and oxygen atoms in total. The van der Waals surface area contributed by atoms with Gasteiger partial charge in [-0.3, -0.25) is 9.59 Å². The fourth-order valence-electron chi connectivity index (χ4n) is 3.14. The van der Waals surface area contributed by atoms with Gasteiger partial charge in [-0.1, -0.05) is 31.4 Å². The van der Waals surface area contributed by atoms with E-state index in [4.69, 9.17) is 0 Å². The Balaban J connectivity index is 2.23. The van der Waals surface area contributed by atoms with Crippen LogP contribution in [0.1, 0.15) is 43.6 Å². The van der Waals surface area contributed by atoms with Crippen molar-refractivity contribution in [3.05, 3.63) is 29.8 Å². The van der Waals surface area contributed by atoms with E-state index in [1.165, 1.54) is 31.4 Å². The lowest BCUT2D eigenvalue weighted by atomic mass is 9.84. The number of sulfonamides is 1. The van der Waals surface area contributed by atoms with Crippen molar-refractivity contribution < 1.29 is 27.5 Å². The molecule has 0 atom stereocenters. The highest BCUT2D eigenvalue weighted by atomic mass is 32.2. The molecule has 0 heterocycles. The number of hydrogen-bond acceptors (Lipinski definition) is 6. The first-order valence-corrected chi connectivity index (χ1v) is 10.1. The molecule has 1 aliphatic rings. The maximum absolute atomic E-state index is 12.8. The van der Waals surface area contributed by atoms with E-state index in [1.807, 2.05) is 12.1 Å². The van der Waals surface area contributed by atoms with Gasteiger partial charge in [0.05, 0.1) is 19.1 Å². The second kappa shape index (κ2) is 9.14. The number of hydrogen-bond donors (Lipinski definition) is 0. The lowest BCUT2D eigenvalue weighted by molar-refractivity contribution is -0.143. The number of rotatable bonds is 7. The summed E-state index contributed by atoms with van der Waals surface area (Å²) in [5.41, 5.74) is 1.12. The molecule has 0 aromatic heterocycles. The van der Waals surface area contributed by atoms with Gasteiger partial charge in [0.25, 0.3) is 0 Å². The van der Waals surface area contributed by atoms with Crippen LogP contribution in [0.3, 0.4) is 0 Å². The standard InChI is InChI=1S/C18H25NO6S/c1-24-17(20)12-19(13-18(21)25-2)26(22,23)16-10-8-15(9-11-16)14-6-4-3-5-7-14/h8-11,14H,3-7,12-13H2,1-2H3. The van der Waals surface area contributed by atoms with Gasteiger partial charge in [-0.2, -0.15) is 4.31 Å². The van der Waals surface area contributed by atoms with Crippen molar-refractivity contribution in [2.75, 3.05) is 27.3 Å². The Morgan fingerprint density at radius 3 is 1.92 bits per heavy atom. The van der Waals surface area contributed by atoms with Crippen molar-refractivity contribution in [2.24, 2.45) is 0 Å². The average Bonchev–Trinajstić information content (AvgIpc) is 2.67. The van der Waals surface area contributed by atoms with E-state index in [0.29, 0.717) is 5.92 Å². The predicted molar refractivity (Wildman–Crippen MR) is 95.1 cm³/mol. The molecule has 0 radical (unpaired) electrons. The summed E-state index contributed by atoms with van der Waals surface area (Å²) < 4.78 is 35.5. The molecule has 1 fully saturated rings. The van der Waals surface area contributed by atoms with E-state index in [-0.39, 0.29) is 4.90 Å². The molecule has 0 unspecified atom stereocenters. The van der Waals surface area contributed by atoms with Gasteiger partial charge in [0.15, 0.2) is 0 Å². The summed E-state index contributed by atoms with van der Waals surface area (Å²) in [6.07, 6.45) is 5.86. The molecule has 8 heteroatoms. The lowest BCUT2D eigenvalue weighted by Crippen LogP contribution is -2.40. The minimum atomic E-state index is -4.03. The van der Waals surface area contributed by atoms with Crippen LogP contribution in [0.25, 0.3) is 0 Å². The Labute approximate surface area is 154 Å². The van der Waals surface area contributed by atoms with Crippen molar-refractivity contribution in [2.45, 2.75) is 42.9 Å². The molecule has 1 aromatic rings. The van der Waals surface area contributed by atoms with Gasteiger partial charge in [-0.05, 0) is 36.5 Å². The van der Waals surface area contributed by atoms with E-state index in [0.717, 1.165) is 36.9 Å². The molecule has 144 valence electrons. The summed E-state index contributed by atoms with van der Waals surface area (Å²) in [5.74, 6) is -1.05. The van der Waals surface area contributed by atoms with Crippen LogP contribution in [0.5, 0.6) is 0 Å². The maximum atomic E-state index is 12.8. The fraction of sp³-hybridized carbons (Fsp3) is 0.556. The molecule has 0 saturated heterocycles. The van der Waals surface area contributed by atoms with E-state index in [2.05, 4.69) is 9.47 Å². The van der Waals surface area contributed by atoms with Crippen LogP contribution in [-0.4, -0.2) is 52.0 Å². The van der Waals surface area contributed by atoms with Gasteiger partial charge in [0.1, 0.15) is 13.1 Å². The third kappa shape index (κ3) is 5.04. The zero-order valence-electron chi connectivity index (χ0n) is 15.1. The first-order valence-electron chi connectivity index (χ1n) is 8.62. The first kappa shape index (κ1) is 20.4. The van der Waals surface area contributed by atoms with E-state index >= 15 is 0 Å². The van der Waals surface area contributed by atoms with Crippen LogP contribution < -0.4 is 0 Å². The molecule has 1 saturated carbocycles. The quantitative estimate of drug-likeness (QED) is 0.670. The normalized spacial score (nSPS) is 15.7. The van der Waals surface area contributed by atoms with Gasteiger partial charge in [-0.15, -0.1) is 0 Å². The number of nitrogens with zero attached hydrogens (tertiary/aromatic N) is 1. The molecule has 0 aliphatic heterocycles. The molecule has 2 rings (SSSR count). The van der Waals surface area contributed by atoms with Crippen molar-refractivity contribution in [1.29, 1.82) is 0 Å². The highest BCUT2D eigenvalue weighted by Gasteiger charge is 2.29. The Hall–Kier alpha value is -1.93.